The van der Waals surface area contributed by atoms with E-state index in [1.807, 2.05) is 13.8 Å². The van der Waals surface area contributed by atoms with Crippen LogP contribution in [0, 0.1) is 0 Å². The number of rotatable bonds is 1. The second-order valence-electron chi connectivity index (χ2n) is 2.93. The van der Waals surface area contributed by atoms with Crippen LogP contribution < -0.4 is 0 Å². The van der Waals surface area contributed by atoms with Crippen molar-refractivity contribution >= 4 is 6.09 Å². The topological polar surface area (TPSA) is 60.8 Å². The van der Waals surface area contributed by atoms with Gasteiger partial charge in [0.25, 0.3) is 0 Å². The van der Waals surface area contributed by atoms with Crippen molar-refractivity contribution in [1.29, 1.82) is 0 Å². The van der Waals surface area contributed by atoms with Crippen LogP contribution in [0.3, 0.4) is 0 Å². The van der Waals surface area contributed by atoms with E-state index in [9.17, 15) is 4.79 Å². The van der Waals surface area contributed by atoms with Crippen molar-refractivity contribution in [3.8, 4) is 0 Å². The van der Waals surface area contributed by atoms with Crippen LogP contribution in [0.1, 0.15) is 33.6 Å². The number of aliphatic hydroxyl groups excluding tert-OH is 1. The predicted molar refractivity (Wildman–Crippen MR) is 50.8 cm³/mol. The third-order valence-corrected chi connectivity index (χ3v) is 2.10. The molecule has 0 spiro atoms. The monoisotopic (exact) mass is 189 g/mol. The molecule has 0 aliphatic carbocycles. The molecule has 13 heavy (non-hydrogen) atoms. The molecular weight excluding hydrogens is 170 g/mol. The number of aliphatic hydroxyl groups is 1. The van der Waals surface area contributed by atoms with Crippen LogP contribution in [0.15, 0.2) is 0 Å². The Bertz CT molecular complexity index is 159. The maximum atomic E-state index is 10.5. The predicted octanol–water partition coefficient (Wildman–Crippen LogP) is 1.54. The highest BCUT2D eigenvalue weighted by Crippen LogP contribution is 2.19. The Hall–Kier alpha value is -0.770. The second-order valence-corrected chi connectivity index (χ2v) is 2.93. The van der Waals surface area contributed by atoms with Crippen molar-refractivity contribution in [2.24, 2.45) is 0 Å². The van der Waals surface area contributed by atoms with Gasteiger partial charge in [-0.25, -0.2) is 4.79 Å². The van der Waals surface area contributed by atoms with E-state index in [0.29, 0.717) is 6.54 Å². The third-order valence-electron chi connectivity index (χ3n) is 2.10. The number of amides is 1. The van der Waals surface area contributed by atoms with E-state index in [-0.39, 0.29) is 6.04 Å². The van der Waals surface area contributed by atoms with Gasteiger partial charge in [0.15, 0.2) is 0 Å². The molecule has 1 aliphatic heterocycles. The van der Waals surface area contributed by atoms with Crippen LogP contribution in [0.25, 0.3) is 0 Å². The second kappa shape index (κ2) is 5.80. The standard InChI is InChI=1S/C7H13NO3.C2H6/c1-5(9)6-3-2-4-8(6)7(10)11;1-2/h5-6,9H,2-4H2,1H3,(H,10,11);1-2H3. The van der Waals surface area contributed by atoms with Crippen molar-refractivity contribution in [1.82, 2.24) is 4.90 Å². The third kappa shape index (κ3) is 3.22. The SMILES string of the molecule is CC.CC(O)C1CCCN1C(=O)O. The lowest BCUT2D eigenvalue weighted by atomic mass is 10.1. The number of nitrogens with zero attached hydrogens (tertiary/aromatic N) is 1. The maximum absolute atomic E-state index is 10.5. The van der Waals surface area contributed by atoms with Crippen molar-refractivity contribution in [3.63, 3.8) is 0 Å². The van der Waals surface area contributed by atoms with Gasteiger partial charge in [-0.15, -0.1) is 0 Å². The van der Waals surface area contributed by atoms with Crippen LogP contribution in [-0.2, 0) is 0 Å². The highest BCUT2D eigenvalue weighted by molar-refractivity contribution is 5.65. The summed E-state index contributed by atoms with van der Waals surface area (Å²) < 4.78 is 0. The summed E-state index contributed by atoms with van der Waals surface area (Å²) in [6.07, 6.45) is 0.174. The molecule has 1 aliphatic rings. The minimum absolute atomic E-state index is 0.188. The van der Waals surface area contributed by atoms with Crippen LogP contribution in [0.5, 0.6) is 0 Å². The molecule has 1 fully saturated rings. The molecule has 2 atom stereocenters. The van der Waals surface area contributed by atoms with E-state index >= 15 is 0 Å². The largest absolute Gasteiger partial charge is 0.465 e. The average Bonchev–Trinajstić information content (AvgIpc) is 2.55. The summed E-state index contributed by atoms with van der Waals surface area (Å²) in [4.78, 5) is 11.8. The van der Waals surface area contributed by atoms with Gasteiger partial charge in [-0.05, 0) is 19.8 Å². The molecule has 0 radical (unpaired) electrons. The lowest BCUT2D eigenvalue weighted by Gasteiger charge is -2.23. The molecule has 1 saturated heterocycles. The average molecular weight is 189 g/mol. The molecule has 0 aromatic rings. The zero-order valence-corrected chi connectivity index (χ0v) is 8.53. The quantitative estimate of drug-likeness (QED) is 0.657. The molecule has 4 nitrogen and oxygen atoms in total. The van der Waals surface area contributed by atoms with Gasteiger partial charge in [0.05, 0.1) is 12.1 Å². The van der Waals surface area contributed by atoms with Gasteiger partial charge in [0, 0.05) is 6.54 Å². The number of hydrogen-bond donors (Lipinski definition) is 2. The summed E-state index contributed by atoms with van der Waals surface area (Å²) in [5, 5.41) is 17.8. The fraction of sp³-hybridized carbons (Fsp3) is 0.889. The molecule has 78 valence electrons. The first-order chi connectivity index (χ1) is 6.13. The van der Waals surface area contributed by atoms with Crippen LogP contribution in [0.4, 0.5) is 4.79 Å². The van der Waals surface area contributed by atoms with Gasteiger partial charge in [0.2, 0.25) is 0 Å². The Morgan fingerprint density at radius 3 is 2.38 bits per heavy atom. The lowest BCUT2D eigenvalue weighted by Crippen LogP contribution is -2.40. The van der Waals surface area contributed by atoms with E-state index in [4.69, 9.17) is 10.2 Å². The minimum atomic E-state index is -0.923. The van der Waals surface area contributed by atoms with Crippen molar-refractivity contribution in [2.45, 2.75) is 45.8 Å². The molecule has 0 bridgehead atoms. The first-order valence-corrected chi connectivity index (χ1v) is 4.80. The summed E-state index contributed by atoms with van der Waals surface area (Å²) in [6, 6.07) is -0.188. The smallest absolute Gasteiger partial charge is 0.407 e. The van der Waals surface area contributed by atoms with Crippen LogP contribution in [-0.4, -0.2) is 39.9 Å². The van der Waals surface area contributed by atoms with E-state index in [2.05, 4.69) is 0 Å². The Morgan fingerprint density at radius 2 is 2.08 bits per heavy atom. The Labute approximate surface area is 79.2 Å². The molecule has 1 amide bonds. The number of hydrogen-bond acceptors (Lipinski definition) is 2. The molecule has 4 heteroatoms. The highest BCUT2D eigenvalue weighted by atomic mass is 16.4. The summed E-state index contributed by atoms with van der Waals surface area (Å²) >= 11 is 0. The number of carboxylic acid groups (broad SMARTS) is 1. The maximum Gasteiger partial charge on any atom is 0.407 e. The fourth-order valence-electron chi connectivity index (χ4n) is 1.53. The fourth-order valence-corrected chi connectivity index (χ4v) is 1.53. The van der Waals surface area contributed by atoms with E-state index in [0.717, 1.165) is 12.8 Å². The first kappa shape index (κ1) is 12.2. The first-order valence-electron chi connectivity index (χ1n) is 4.80. The molecule has 1 rings (SSSR count). The summed E-state index contributed by atoms with van der Waals surface area (Å²) in [6.45, 7) is 6.19. The molecule has 1 heterocycles. The van der Waals surface area contributed by atoms with Gasteiger partial charge >= 0.3 is 6.09 Å². The molecule has 0 aromatic carbocycles. The molecular formula is C9H19NO3. The highest BCUT2D eigenvalue weighted by Gasteiger charge is 2.31. The Morgan fingerprint density at radius 1 is 1.54 bits per heavy atom. The van der Waals surface area contributed by atoms with Gasteiger partial charge in [0.1, 0.15) is 0 Å². The van der Waals surface area contributed by atoms with Crippen molar-refractivity contribution < 1.29 is 15.0 Å². The Kier molecular flexibility index (Phi) is 5.46. The van der Waals surface area contributed by atoms with Gasteiger partial charge in [-0.3, -0.25) is 0 Å². The van der Waals surface area contributed by atoms with Crippen LogP contribution in [0.2, 0.25) is 0 Å². The summed E-state index contributed by atoms with van der Waals surface area (Å²) in [5.41, 5.74) is 0. The molecule has 0 aromatic heterocycles. The minimum Gasteiger partial charge on any atom is -0.465 e. The summed E-state index contributed by atoms with van der Waals surface area (Å²) in [5.74, 6) is 0. The number of carbonyl (C=O) groups is 1. The zero-order chi connectivity index (χ0) is 10.4. The van der Waals surface area contributed by atoms with Gasteiger partial charge in [-0.1, -0.05) is 13.8 Å². The van der Waals surface area contributed by atoms with Crippen molar-refractivity contribution in [2.75, 3.05) is 6.54 Å². The van der Waals surface area contributed by atoms with E-state index in [1.54, 1.807) is 6.92 Å². The number of likely N-dealkylation sites (tertiary alicyclic amines) is 1. The van der Waals surface area contributed by atoms with Crippen LogP contribution >= 0.6 is 0 Å². The Balaban J connectivity index is 0.000000671. The van der Waals surface area contributed by atoms with E-state index < -0.39 is 12.2 Å². The van der Waals surface area contributed by atoms with Gasteiger partial charge in [-0.2, -0.15) is 0 Å². The molecule has 2 N–H and O–H groups in total. The molecule has 2 unspecified atom stereocenters. The summed E-state index contributed by atoms with van der Waals surface area (Å²) in [7, 11) is 0. The van der Waals surface area contributed by atoms with Crippen molar-refractivity contribution in [3.05, 3.63) is 0 Å². The van der Waals surface area contributed by atoms with E-state index in [1.165, 1.54) is 4.90 Å². The molecule has 0 saturated carbocycles. The normalized spacial score (nSPS) is 23.4. The van der Waals surface area contributed by atoms with Gasteiger partial charge < -0.3 is 15.1 Å². The lowest BCUT2D eigenvalue weighted by molar-refractivity contribution is 0.0782. The zero-order valence-electron chi connectivity index (χ0n) is 8.53.